The number of carboxylic acid groups (broad SMARTS) is 1. The van der Waals surface area contributed by atoms with E-state index in [0.29, 0.717) is 68.2 Å². The van der Waals surface area contributed by atoms with Gasteiger partial charge in [0, 0.05) is 30.7 Å². The topological polar surface area (TPSA) is 183 Å². The van der Waals surface area contributed by atoms with Crippen molar-refractivity contribution in [2.24, 2.45) is 46.3 Å². The Morgan fingerprint density at radius 3 is 2.38 bits per heavy atom. The Morgan fingerprint density at radius 1 is 0.962 bits per heavy atom. The number of hydrogen-bond acceptors (Lipinski definition) is 10. The average molecular weight is 742 g/mol. The summed E-state index contributed by atoms with van der Waals surface area (Å²) in [5.41, 5.74) is 0.297. The van der Waals surface area contributed by atoms with Gasteiger partial charge in [0.15, 0.2) is 0 Å². The summed E-state index contributed by atoms with van der Waals surface area (Å²) in [6, 6.07) is 3.51. The Balaban J connectivity index is 1.13. The summed E-state index contributed by atoms with van der Waals surface area (Å²) < 4.78 is 16.8. The molecule has 0 aromatic heterocycles. The summed E-state index contributed by atoms with van der Waals surface area (Å²) in [5, 5.41) is 26.0. The van der Waals surface area contributed by atoms with Crippen LogP contribution in [0.25, 0.3) is 0 Å². The molecule has 0 aliphatic heterocycles. The van der Waals surface area contributed by atoms with Gasteiger partial charge in [-0.1, -0.05) is 20.8 Å². The number of rotatable bonds is 17. The van der Waals surface area contributed by atoms with Crippen molar-refractivity contribution in [2.45, 2.75) is 110 Å². The number of carboxylic acids is 1. The average Bonchev–Trinajstić information content (AvgIpc) is 3.49. The van der Waals surface area contributed by atoms with Crippen LogP contribution < -0.4 is 10.6 Å². The van der Waals surface area contributed by atoms with E-state index in [1.54, 1.807) is 0 Å². The monoisotopic (exact) mass is 741 g/mol. The van der Waals surface area contributed by atoms with Gasteiger partial charge in [-0.15, -0.1) is 0 Å². The van der Waals surface area contributed by atoms with Crippen molar-refractivity contribution in [2.75, 3.05) is 33.4 Å². The Hall–Kier alpha value is -3.58. The van der Waals surface area contributed by atoms with E-state index in [1.165, 1.54) is 49.9 Å². The number of carbonyl (C=O) groups is 4. The molecule has 0 bridgehead atoms. The van der Waals surface area contributed by atoms with Gasteiger partial charge in [-0.2, -0.15) is 0 Å². The van der Waals surface area contributed by atoms with Crippen LogP contribution in [0.5, 0.6) is 0 Å². The predicted molar refractivity (Wildman–Crippen MR) is 196 cm³/mol. The van der Waals surface area contributed by atoms with Crippen molar-refractivity contribution >= 4 is 29.5 Å². The second-order valence-electron chi connectivity index (χ2n) is 16.6. The molecule has 294 valence electrons. The number of ether oxygens (including phenoxy) is 3. The van der Waals surface area contributed by atoms with Crippen molar-refractivity contribution in [3.05, 3.63) is 39.9 Å². The molecule has 4 saturated carbocycles. The molecule has 0 saturated heterocycles. The second-order valence-corrected chi connectivity index (χ2v) is 16.6. The lowest BCUT2D eigenvalue weighted by Crippen LogP contribution is -2.54. The smallest absolute Gasteiger partial charge is 0.329 e. The van der Waals surface area contributed by atoms with Crippen molar-refractivity contribution in [3.63, 3.8) is 0 Å². The molecular formula is C40H59N3O10. The number of aliphatic carboxylic acids is 1. The zero-order chi connectivity index (χ0) is 38.3. The minimum Gasteiger partial charge on any atom is -0.481 e. The summed E-state index contributed by atoms with van der Waals surface area (Å²) in [6.45, 7) is 9.35. The first kappa shape index (κ1) is 40.6. The molecule has 1 unspecified atom stereocenters. The predicted octanol–water partition coefficient (Wildman–Crippen LogP) is 5.93. The number of esters is 2. The van der Waals surface area contributed by atoms with Crippen LogP contribution in [0.15, 0.2) is 24.3 Å². The number of likely N-dealkylation sites (N-methyl/N-ethyl adjacent to an activating group) is 1. The van der Waals surface area contributed by atoms with Crippen molar-refractivity contribution in [3.8, 4) is 0 Å². The number of benzene rings is 1. The third-order valence-electron chi connectivity index (χ3n) is 13.8. The van der Waals surface area contributed by atoms with Gasteiger partial charge in [0.1, 0.15) is 18.8 Å². The molecule has 5 rings (SSSR count). The van der Waals surface area contributed by atoms with Gasteiger partial charge in [-0.05, 0) is 130 Å². The minimum atomic E-state index is -1.38. The van der Waals surface area contributed by atoms with E-state index >= 15 is 0 Å². The fourth-order valence-electron chi connectivity index (χ4n) is 11.0. The lowest BCUT2D eigenvalue weighted by Gasteiger charge is -2.61. The zero-order valence-corrected chi connectivity index (χ0v) is 31.8. The largest absolute Gasteiger partial charge is 0.481 e. The first-order valence-electron chi connectivity index (χ1n) is 19.6. The number of hydrogen-bond donors (Lipinski definition) is 3. The molecular weight excluding hydrogens is 682 g/mol. The highest BCUT2D eigenvalue weighted by Crippen LogP contribution is 2.68. The zero-order valence-electron chi connectivity index (χ0n) is 31.8. The highest BCUT2D eigenvalue weighted by atomic mass is 16.6. The quantitative estimate of drug-likeness (QED) is 0.0744. The fourth-order valence-corrected chi connectivity index (χ4v) is 11.0. The Kier molecular flexibility index (Phi) is 13.6. The summed E-state index contributed by atoms with van der Waals surface area (Å²) in [6.07, 6.45) is 9.68. The molecule has 1 amide bonds. The molecule has 3 N–H and O–H groups in total. The molecule has 1 aromatic carbocycles. The highest BCUT2D eigenvalue weighted by Gasteiger charge is 2.60. The first-order chi connectivity index (χ1) is 25.3. The summed E-state index contributed by atoms with van der Waals surface area (Å²) in [7, 11) is 1.87. The van der Waals surface area contributed by atoms with Crippen molar-refractivity contribution < 1.29 is 43.4 Å². The normalized spacial score (nSPS) is 31.5. The van der Waals surface area contributed by atoms with Gasteiger partial charge in [-0.25, -0.2) is 4.79 Å². The third-order valence-corrected chi connectivity index (χ3v) is 13.8. The van der Waals surface area contributed by atoms with Crippen LogP contribution in [-0.4, -0.2) is 79.4 Å². The number of nitro groups is 1. The lowest BCUT2D eigenvalue weighted by molar-refractivity contribution is -0.384. The summed E-state index contributed by atoms with van der Waals surface area (Å²) in [4.78, 5) is 60.7. The van der Waals surface area contributed by atoms with Crippen LogP contribution in [0.2, 0.25) is 0 Å². The number of nitro benzene ring substituents is 1. The SMILES string of the molecule is CNCCOCCOC(=O)CC[C@@H](C)C1CC[C@H]2[C@@H]3CC[C@@H]4C[C@H](OC(=O)[C@H](CC(=O)O)NC(=O)c5ccc([N+](=O)[O-])cc5)CC[C@]4(C)[C@H]3CC[C@]12C. The molecule has 0 heterocycles. The van der Waals surface area contributed by atoms with E-state index < -0.39 is 35.2 Å². The van der Waals surface area contributed by atoms with Crippen LogP contribution in [0.4, 0.5) is 5.69 Å². The maximum atomic E-state index is 13.3. The Morgan fingerprint density at radius 2 is 1.68 bits per heavy atom. The number of fused-ring (bicyclic) bond motifs is 5. The first-order valence-corrected chi connectivity index (χ1v) is 19.6. The number of carbonyl (C=O) groups excluding carboxylic acids is 3. The van der Waals surface area contributed by atoms with E-state index in [-0.39, 0.29) is 34.2 Å². The molecule has 13 nitrogen and oxygen atoms in total. The molecule has 4 aliphatic rings. The number of non-ortho nitro benzene ring substituents is 1. The molecule has 4 fully saturated rings. The van der Waals surface area contributed by atoms with Crippen LogP contribution >= 0.6 is 0 Å². The summed E-state index contributed by atoms with van der Waals surface area (Å²) >= 11 is 0. The van der Waals surface area contributed by atoms with E-state index in [0.717, 1.165) is 38.6 Å². The maximum absolute atomic E-state index is 13.3. The number of amides is 1. The van der Waals surface area contributed by atoms with Gasteiger partial charge in [0.25, 0.3) is 11.6 Å². The summed E-state index contributed by atoms with van der Waals surface area (Å²) in [5.74, 6) is 0.492. The molecule has 0 radical (unpaired) electrons. The van der Waals surface area contributed by atoms with Gasteiger partial charge in [0.2, 0.25) is 0 Å². The molecule has 1 aromatic rings. The van der Waals surface area contributed by atoms with Gasteiger partial charge < -0.3 is 30.0 Å². The molecule has 4 aliphatic carbocycles. The molecule has 53 heavy (non-hydrogen) atoms. The van der Waals surface area contributed by atoms with Gasteiger partial charge in [-0.3, -0.25) is 24.5 Å². The van der Waals surface area contributed by atoms with Crippen LogP contribution in [0, 0.1) is 56.5 Å². The van der Waals surface area contributed by atoms with Crippen LogP contribution in [0.3, 0.4) is 0 Å². The minimum absolute atomic E-state index is 0.0772. The van der Waals surface area contributed by atoms with Gasteiger partial charge in [0.05, 0.1) is 24.6 Å². The lowest BCUT2D eigenvalue weighted by atomic mass is 9.44. The number of nitrogens with zero attached hydrogens (tertiary/aromatic N) is 1. The number of nitrogens with one attached hydrogen (secondary N) is 2. The Labute approximate surface area is 312 Å². The standard InChI is InChI=1S/C40H59N3O10/c1-25(5-14-36(46)52-22-21-51-20-19-41-4)31-12-13-32-30-11-8-27-23-29(15-17-39(27,2)33(30)16-18-40(31,32)3)53-38(48)34(24-35(44)45)42-37(47)26-6-9-28(10-7-26)43(49)50/h6-7,9-10,25,27,29-34,41H,5,8,11-24H2,1-4H3,(H,42,47)(H,44,45)/t25-,27-,29-,30+,31?,32+,33+,34+,39+,40-/m1/s1. The molecule has 10 atom stereocenters. The second kappa shape index (κ2) is 17.7. The molecule has 0 spiro atoms. The van der Waals surface area contributed by atoms with E-state index in [4.69, 9.17) is 14.2 Å². The van der Waals surface area contributed by atoms with Crippen LogP contribution in [0.1, 0.15) is 108 Å². The van der Waals surface area contributed by atoms with Gasteiger partial charge >= 0.3 is 17.9 Å². The van der Waals surface area contributed by atoms with E-state index in [1.807, 2.05) is 7.05 Å². The van der Waals surface area contributed by atoms with E-state index in [9.17, 15) is 34.4 Å². The highest BCUT2D eigenvalue weighted by molar-refractivity contribution is 5.97. The van der Waals surface area contributed by atoms with Crippen molar-refractivity contribution in [1.82, 2.24) is 10.6 Å². The van der Waals surface area contributed by atoms with Crippen molar-refractivity contribution in [1.29, 1.82) is 0 Å². The van der Waals surface area contributed by atoms with Crippen LogP contribution in [-0.2, 0) is 28.6 Å². The maximum Gasteiger partial charge on any atom is 0.329 e. The Bertz CT molecular complexity index is 1470. The third kappa shape index (κ3) is 9.39. The van der Waals surface area contributed by atoms with E-state index in [2.05, 4.69) is 31.4 Å². The molecule has 13 heteroatoms. The fraction of sp³-hybridized carbons (Fsp3) is 0.750.